The first-order valence-electron chi connectivity index (χ1n) is 7.22. The fourth-order valence-corrected chi connectivity index (χ4v) is 3.70. The number of methoxy groups -OCH3 is 1. The number of thioether (sulfide) groups is 1. The van der Waals surface area contributed by atoms with Crippen LogP contribution in [0.25, 0.3) is 0 Å². The van der Waals surface area contributed by atoms with Crippen LogP contribution in [0.4, 0.5) is 5.69 Å². The maximum atomic E-state index is 12.2. The molecule has 1 N–H and O–H groups in total. The highest BCUT2D eigenvalue weighted by Crippen LogP contribution is 2.27. The van der Waals surface area contributed by atoms with Gasteiger partial charge >= 0.3 is 0 Å². The number of carbonyl (C=O) groups is 1. The largest absolute Gasteiger partial charge is 0.380 e. The summed E-state index contributed by atoms with van der Waals surface area (Å²) in [5, 5.41) is 13.1. The predicted octanol–water partition coefficient (Wildman–Crippen LogP) is 4.55. The number of hydrogen-bond donors (Lipinski definition) is 1. The fourth-order valence-electron chi connectivity index (χ4n) is 2.11. The van der Waals surface area contributed by atoms with E-state index in [4.69, 9.17) is 16.3 Å². The summed E-state index contributed by atoms with van der Waals surface area (Å²) < 4.78 is 5.95. The number of rotatable bonds is 6. The number of carbonyl (C=O) groups excluding carboxylic acids is 1. The number of aromatic nitrogens is 1. The topological polar surface area (TPSA) is 75.0 Å². The lowest BCUT2D eigenvalue weighted by Gasteiger charge is -2.10. The molecule has 0 spiro atoms. The van der Waals surface area contributed by atoms with Crippen LogP contribution in [0.3, 0.4) is 0 Å². The van der Waals surface area contributed by atoms with Gasteiger partial charge in [-0.2, -0.15) is 5.26 Å². The quantitative estimate of drug-likeness (QED) is 0.667. The molecule has 0 saturated carbocycles. The minimum atomic E-state index is -0.227. The third-order valence-electron chi connectivity index (χ3n) is 3.15. The molecule has 2 aromatic rings. The summed E-state index contributed by atoms with van der Waals surface area (Å²) in [6, 6.07) is 9.18. The molecule has 2 rings (SSSR count). The summed E-state index contributed by atoms with van der Waals surface area (Å²) in [4.78, 5) is 16.5. The van der Waals surface area contributed by atoms with E-state index in [0.717, 1.165) is 15.7 Å². The normalized spacial score (nSPS) is 10.4. The number of pyridine rings is 1. The van der Waals surface area contributed by atoms with E-state index in [1.807, 2.05) is 13.0 Å². The molecule has 0 radical (unpaired) electrons. The van der Waals surface area contributed by atoms with Crippen molar-refractivity contribution in [3.05, 3.63) is 50.6 Å². The Balaban J connectivity index is 2.10. The van der Waals surface area contributed by atoms with Crippen LogP contribution >= 0.6 is 39.3 Å². The summed E-state index contributed by atoms with van der Waals surface area (Å²) in [5.74, 6) is -0.112. The lowest BCUT2D eigenvalue weighted by Crippen LogP contribution is -2.14. The summed E-state index contributed by atoms with van der Waals surface area (Å²) in [6.45, 7) is 2.16. The Bertz CT molecular complexity index is 839. The second-order valence-corrected chi connectivity index (χ2v) is 7.40. The maximum absolute atomic E-state index is 12.2. The number of benzene rings is 1. The van der Waals surface area contributed by atoms with Crippen molar-refractivity contribution in [2.45, 2.75) is 18.6 Å². The number of hydrogen-bond acceptors (Lipinski definition) is 5. The highest BCUT2D eigenvalue weighted by molar-refractivity contribution is 9.10. The zero-order valence-electron chi connectivity index (χ0n) is 13.6. The van der Waals surface area contributed by atoms with Crippen LogP contribution in [0, 0.1) is 18.3 Å². The highest BCUT2D eigenvalue weighted by Gasteiger charge is 2.14. The third-order valence-corrected chi connectivity index (χ3v) is 4.93. The maximum Gasteiger partial charge on any atom is 0.234 e. The standard InChI is InChI=1S/C17H15BrClN3O2S/c1-10-5-11(8-24-2)13(7-20)17(21-10)25-9-16(23)22-15-4-3-12(18)6-14(15)19/h3-6H,8-9H2,1-2H3,(H,22,23). The fraction of sp³-hybridized carbons (Fsp3) is 0.235. The molecule has 5 nitrogen and oxygen atoms in total. The van der Waals surface area contributed by atoms with Crippen LogP contribution in [0.5, 0.6) is 0 Å². The monoisotopic (exact) mass is 439 g/mol. The summed E-state index contributed by atoms with van der Waals surface area (Å²) in [5.41, 5.74) is 2.50. The average Bonchev–Trinajstić information content (AvgIpc) is 2.55. The zero-order valence-corrected chi connectivity index (χ0v) is 16.8. The molecule has 1 amide bonds. The number of nitriles is 1. The molecule has 0 saturated heterocycles. The lowest BCUT2D eigenvalue weighted by molar-refractivity contribution is -0.113. The van der Waals surface area contributed by atoms with Crippen molar-refractivity contribution in [1.82, 2.24) is 4.98 Å². The highest BCUT2D eigenvalue weighted by atomic mass is 79.9. The number of amides is 1. The Kier molecular flexibility index (Phi) is 7.26. The molecule has 1 aromatic heterocycles. The van der Waals surface area contributed by atoms with Crippen molar-refractivity contribution in [2.24, 2.45) is 0 Å². The van der Waals surface area contributed by atoms with Crippen molar-refractivity contribution >= 4 is 50.9 Å². The van der Waals surface area contributed by atoms with E-state index in [9.17, 15) is 10.1 Å². The van der Waals surface area contributed by atoms with Gasteiger partial charge in [0.15, 0.2) is 0 Å². The zero-order chi connectivity index (χ0) is 18.4. The van der Waals surface area contributed by atoms with Gasteiger partial charge in [-0.25, -0.2) is 4.98 Å². The molecule has 0 bridgehead atoms. The molecule has 0 fully saturated rings. The van der Waals surface area contributed by atoms with Crippen molar-refractivity contribution in [2.75, 3.05) is 18.2 Å². The van der Waals surface area contributed by atoms with Gasteiger partial charge < -0.3 is 10.1 Å². The second kappa shape index (κ2) is 9.20. The van der Waals surface area contributed by atoms with E-state index in [1.54, 1.807) is 25.3 Å². The minimum Gasteiger partial charge on any atom is -0.380 e. The lowest BCUT2D eigenvalue weighted by atomic mass is 10.1. The van der Waals surface area contributed by atoms with Gasteiger partial charge in [-0.15, -0.1) is 0 Å². The molecule has 0 atom stereocenters. The van der Waals surface area contributed by atoms with Crippen LogP contribution in [-0.2, 0) is 16.1 Å². The third kappa shape index (κ3) is 5.44. The molecule has 1 heterocycles. The van der Waals surface area contributed by atoms with E-state index in [2.05, 4.69) is 32.3 Å². The Morgan fingerprint density at radius 3 is 2.88 bits per heavy atom. The first-order valence-corrected chi connectivity index (χ1v) is 9.37. The first-order chi connectivity index (χ1) is 11.9. The first kappa shape index (κ1) is 19.7. The predicted molar refractivity (Wildman–Crippen MR) is 103 cm³/mol. The van der Waals surface area contributed by atoms with Crippen LogP contribution in [0.2, 0.25) is 5.02 Å². The van der Waals surface area contributed by atoms with Crippen LogP contribution in [0.1, 0.15) is 16.8 Å². The van der Waals surface area contributed by atoms with Gasteiger partial charge in [0.1, 0.15) is 11.1 Å². The van der Waals surface area contributed by atoms with Crippen molar-refractivity contribution in [1.29, 1.82) is 5.26 Å². The van der Waals surface area contributed by atoms with E-state index in [1.165, 1.54) is 11.8 Å². The van der Waals surface area contributed by atoms with Gasteiger partial charge in [0.05, 0.1) is 28.6 Å². The minimum absolute atomic E-state index is 0.115. The summed E-state index contributed by atoms with van der Waals surface area (Å²) in [7, 11) is 1.57. The smallest absolute Gasteiger partial charge is 0.234 e. The van der Waals surface area contributed by atoms with Crippen molar-refractivity contribution in [3.63, 3.8) is 0 Å². The second-order valence-electron chi connectivity index (χ2n) is 5.11. The molecule has 25 heavy (non-hydrogen) atoms. The Labute approximate surface area is 163 Å². The molecule has 1 aromatic carbocycles. The van der Waals surface area contributed by atoms with E-state index in [-0.39, 0.29) is 11.7 Å². The number of halogens is 2. The Morgan fingerprint density at radius 1 is 1.48 bits per heavy atom. The summed E-state index contributed by atoms with van der Waals surface area (Å²) in [6.07, 6.45) is 0. The van der Waals surface area contributed by atoms with Crippen molar-refractivity contribution < 1.29 is 9.53 Å². The molecule has 0 aliphatic rings. The molecule has 130 valence electrons. The Morgan fingerprint density at radius 2 is 2.24 bits per heavy atom. The molecule has 0 unspecified atom stereocenters. The summed E-state index contributed by atoms with van der Waals surface area (Å²) >= 11 is 10.6. The SMILES string of the molecule is COCc1cc(C)nc(SCC(=O)Nc2ccc(Br)cc2Cl)c1C#N. The van der Waals surface area contributed by atoms with Gasteiger partial charge in [0.2, 0.25) is 5.91 Å². The average molecular weight is 441 g/mol. The van der Waals surface area contributed by atoms with Crippen molar-refractivity contribution in [3.8, 4) is 6.07 Å². The molecule has 0 aliphatic carbocycles. The molecule has 0 aliphatic heterocycles. The number of anilines is 1. The van der Waals surface area contributed by atoms with Crippen LogP contribution < -0.4 is 5.32 Å². The van der Waals surface area contributed by atoms with Gasteiger partial charge in [-0.1, -0.05) is 39.3 Å². The van der Waals surface area contributed by atoms with E-state index < -0.39 is 0 Å². The Hall–Kier alpha value is -1.59. The van der Waals surface area contributed by atoms with Gasteiger partial charge in [0.25, 0.3) is 0 Å². The molecular formula is C17H15BrClN3O2S. The number of nitrogens with one attached hydrogen (secondary N) is 1. The van der Waals surface area contributed by atoms with E-state index in [0.29, 0.717) is 27.9 Å². The molecule has 8 heteroatoms. The van der Waals surface area contributed by atoms with Gasteiger partial charge in [-0.3, -0.25) is 4.79 Å². The van der Waals surface area contributed by atoms with Gasteiger partial charge in [-0.05, 0) is 36.8 Å². The van der Waals surface area contributed by atoms with E-state index >= 15 is 0 Å². The van der Waals surface area contributed by atoms with Crippen LogP contribution in [0.15, 0.2) is 33.8 Å². The van der Waals surface area contributed by atoms with Gasteiger partial charge in [0, 0.05) is 17.3 Å². The van der Waals surface area contributed by atoms with Crippen LogP contribution in [-0.4, -0.2) is 23.8 Å². The number of nitrogens with zero attached hydrogens (tertiary/aromatic N) is 2. The molecular weight excluding hydrogens is 426 g/mol. The number of ether oxygens (including phenoxy) is 1. The number of aryl methyl sites for hydroxylation is 1.